The molecule has 86 valence electrons. The zero-order valence-electron chi connectivity index (χ0n) is 9.66. The van der Waals surface area contributed by atoms with Crippen molar-refractivity contribution in [3.05, 3.63) is 29.8 Å². The molecule has 1 unspecified atom stereocenters. The Morgan fingerprint density at radius 3 is 3.00 bits per heavy atom. The third-order valence-corrected chi connectivity index (χ3v) is 2.74. The Kier molecular flexibility index (Phi) is 3.10. The summed E-state index contributed by atoms with van der Waals surface area (Å²) in [5, 5.41) is 5.05. The van der Waals surface area contributed by atoms with E-state index in [0.29, 0.717) is 6.42 Å². The average Bonchev–Trinajstić information content (AvgIpc) is 2.59. The standard InChI is InChI=1S/C12H17N3O/c1-9-6-12(16)14-15(9)11-5-3-4-10(7-11)8-13-2/h3-5,7,9,13H,6,8H2,1-2H3,(H,14,16). The predicted molar refractivity (Wildman–Crippen MR) is 63.9 cm³/mol. The molecule has 4 nitrogen and oxygen atoms in total. The van der Waals surface area contributed by atoms with Crippen LogP contribution >= 0.6 is 0 Å². The number of amides is 1. The van der Waals surface area contributed by atoms with Crippen LogP contribution in [-0.4, -0.2) is 19.0 Å². The lowest BCUT2D eigenvalue weighted by Gasteiger charge is -2.23. The van der Waals surface area contributed by atoms with E-state index < -0.39 is 0 Å². The van der Waals surface area contributed by atoms with E-state index in [-0.39, 0.29) is 11.9 Å². The molecule has 0 saturated carbocycles. The smallest absolute Gasteiger partial charge is 0.240 e. The highest BCUT2D eigenvalue weighted by molar-refractivity contribution is 5.82. The van der Waals surface area contributed by atoms with Crippen LogP contribution in [0.5, 0.6) is 0 Å². The Morgan fingerprint density at radius 1 is 1.56 bits per heavy atom. The second-order valence-electron chi connectivity index (χ2n) is 4.16. The molecule has 0 aromatic heterocycles. The van der Waals surface area contributed by atoms with Crippen LogP contribution in [0.4, 0.5) is 5.69 Å². The van der Waals surface area contributed by atoms with Gasteiger partial charge < -0.3 is 5.32 Å². The quantitative estimate of drug-likeness (QED) is 0.798. The molecule has 0 radical (unpaired) electrons. The largest absolute Gasteiger partial charge is 0.316 e. The van der Waals surface area contributed by atoms with Gasteiger partial charge in [0.25, 0.3) is 0 Å². The second-order valence-corrected chi connectivity index (χ2v) is 4.16. The molecule has 4 heteroatoms. The SMILES string of the molecule is CNCc1cccc(N2NC(=O)CC2C)c1. The van der Waals surface area contributed by atoms with Crippen LogP contribution in [0.2, 0.25) is 0 Å². The first-order valence-electron chi connectivity index (χ1n) is 5.53. The van der Waals surface area contributed by atoms with Crippen LogP contribution in [0.3, 0.4) is 0 Å². The molecular weight excluding hydrogens is 202 g/mol. The number of carbonyl (C=O) groups excluding carboxylic acids is 1. The van der Waals surface area contributed by atoms with Gasteiger partial charge in [0.1, 0.15) is 0 Å². The van der Waals surface area contributed by atoms with E-state index in [9.17, 15) is 4.79 Å². The first-order chi connectivity index (χ1) is 7.70. The minimum atomic E-state index is 0.0894. The van der Waals surface area contributed by atoms with Crippen LogP contribution in [-0.2, 0) is 11.3 Å². The van der Waals surface area contributed by atoms with E-state index in [2.05, 4.69) is 22.9 Å². The molecule has 0 spiro atoms. The van der Waals surface area contributed by atoms with E-state index in [1.807, 2.05) is 31.1 Å². The lowest BCUT2D eigenvalue weighted by Crippen LogP contribution is -2.37. The van der Waals surface area contributed by atoms with Gasteiger partial charge in [-0.2, -0.15) is 0 Å². The zero-order chi connectivity index (χ0) is 11.5. The molecule has 1 aromatic carbocycles. The van der Waals surface area contributed by atoms with Crippen molar-refractivity contribution < 1.29 is 4.79 Å². The van der Waals surface area contributed by atoms with Crippen molar-refractivity contribution in [1.29, 1.82) is 0 Å². The molecule has 1 saturated heterocycles. The van der Waals surface area contributed by atoms with Crippen molar-refractivity contribution in [2.45, 2.75) is 25.9 Å². The van der Waals surface area contributed by atoms with Gasteiger partial charge in [-0.15, -0.1) is 0 Å². The molecule has 16 heavy (non-hydrogen) atoms. The molecular formula is C12H17N3O. The highest BCUT2D eigenvalue weighted by Gasteiger charge is 2.26. The highest BCUT2D eigenvalue weighted by Crippen LogP contribution is 2.21. The number of carbonyl (C=O) groups is 1. The summed E-state index contributed by atoms with van der Waals surface area (Å²) in [6.07, 6.45) is 0.566. The van der Waals surface area contributed by atoms with E-state index in [1.165, 1.54) is 5.56 Å². The van der Waals surface area contributed by atoms with Crippen molar-refractivity contribution in [3.8, 4) is 0 Å². The third-order valence-electron chi connectivity index (χ3n) is 2.74. The van der Waals surface area contributed by atoms with E-state index >= 15 is 0 Å². The Hall–Kier alpha value is -1.55. The van der Waals surface area contributed by atoms with Crippen molar-refractivity contribution in [1.82, 2.24) is 10.7 Å². The first-order valence-corrected chi connectivity index (χ1v) is 5.53. The lowest BCUT2D eigenvalue weighted by molar-refractivity contribution is -0.119. The van der Waals surface area contributed by atoms with Gasteiger partial charge >= 0.3 is 0 Å². The summed E-state index contributed by atoms with van der Waals surface area (Å²) in [6.45, 7) is 2.88. The zero-order valence-corrected chi connectivity index (χ0v) is 9.66. The number of rotatable bonds is 3. The monoisotopic (exact) mass is 219 g/mol. The fourth-order valence-corrected chi connectivity index (χ4v) is 1.99. The number of hydrogen-bond acceptors (Lipinski definition) is 3. The molecule has 1 aromatic rings. The summed E-state index contributed by atoms with van der Waals surface area (Å²) in [5.74, 6) is 0.0894. The number of nitrogens with one attached hydrogen (secondary N) is 2. The number of hydrazine groups is 1. The fraction of sp³-hybridized carbons (Fsp3) is 0.417. The maximum Gasteiger partial charge on any atom is 0.240 e. The van der Waals surface area contributed by atoms with Crippen LogP contribution in [0.1, 0.15) is 18.9 Å². The lowest BCUT2D eigenvalue weighted by atomic mass is 10.1. The molecule has 2 rings (SSSR count). The van der Waals surface area contributed by atoms with Crippen molar-refractivity contribution >= 4 is 11.6 Å². The number of hydrogen-bond donors (Lipinski definition) is 2. The molecule has 0 bridgehead atoms. The number of benzene rings is 1. The van der Waals surface area contributed by atoms with Crippen LogP contribution < -0.4 is 15.8 Å². The molecule has 1 fully saturated rings. The number of anilines is 1. The Bertz CT molecular complexity index is 392. The van der Waals surface area contributed by atoms with Gasteiger partial charge in [-0.3, -0.25) is 15.2 Å². The van der Waals surface area contributed by atoms with Crippen molar-refractivity contribution in [3.63, 3.8) is 0 Å². The first kappa shape index (κ1) is 11.0. The van der Waals surface area contributed by atoms with Gasteiger partial charge in [-0.25, -0.2) is 0 Å². The minimum absolute atomic E-state index is 0.0894. The van der Waals surface area contributed by atoms with Gasteiger partial charge in [-0.1, -0.05) is 12.1 Å². The number of nitrogens with zero attached hydrogens (tertiary/aromatic N) is 1. The summed E-state index contributed by atoms with van der Waals surface area (Å²) in [5.41, 5.74) is 5.13. The Balaban J connectivity index is 2.20. The fourth-order valence-electron chi connectivity index (χ4n) is 1.99. The summed E-state index contributed by atoms with van der Waals surface area (Å²) >= 11 is 0. The van der Waals surface area contributed by atoms with Crippen molar-refractivity contribution in [2.75, 3.05) is 12.1 Å². The average molecular weight is 219 g/mol. The topological polar surface area (TPSA) is 44.4 Å². The molecule has 1 aliphatic heterocycles. The van der Waals surface area contributed by atoms with Crippen molar-refractivity contribution in [2.24, 2.45) is 0 Å². The molecule has 0 aliphatic carbocycles. The van der Waals surface area contributed by atoms with Crippen LogP contribution in [0, 0.1) is 0 Å². The minimum Gasteiger partial charge on any atom is -0.316 e. The molecule has 1 heterocycles. The Morgan fingerprint density at radius 2 is 2.38 bits per heavy atom. The predicted octanol–water partition coefficient (Wildman–Crippen LogP) is 1.04. The van der Waals surface area contributed by atoms with Gasteiger partial charge in [0, 0.05) is 6.54 Å². The van der Waals surface area contributed by atoms with Gasteiger partial charge in [-0.05, 0) is 31.7 Å². The summed E-state index contributed by atoms with van der Waals surface area (Å²) in [6, 6.07) is 8.42. The molecule has 1 aliphatic rings. The highest BCUT2D eigenvalue weighted by atomic mass is 16.2. The molecule has 2 N–H and O–H groups in total. The van der Waals surface area contributed by atoms with Gasteiger partial charge in [0.05, 0.1) is 18.2 Å². The van der Waals surface area contributed by atoms with E-state index in [1.54, 1.807) is 0 Å². The van der Waals surface area contributed by atoms with Crippen LogP contribution in [0.15, 0.2) is 24.3 Å². The summed E-state index contributed by atoms with van der Waals surface area (Å²) in [7, 11) is 1.92. The summed E-state index contributed by atoms with van der Waals surface area (Å²) < 4.78 is 0. The van der Waals surface area contributed by atoms with E-state index in [4.69, 9.17) is 0 Å². The third kappa shape index (κ3) is 2.17. The maximum absolute atomic E-state index is 11.3. The molecule has 1 atom stereocenters. The summed E-state index contributed by atoms with van der Waals surface area (Å²) in [4.78, 5) is 11.3. The van der Waals surface area contributed by atoms with Crippen LogP contribution in [0.25, 0.3) is 0 Å². The normalized spacial score (nSPS) is 20.0. The second kappa shape index (κ2) is 4.53. The van der Waals surface area contributed by atoms with E-state index in [0.717, 1.165) is 12.2 Å². The molecule has 1 amide bonds. The Labute approximate surface area is 95.6 Å². The van der Waals surface area contributed by atoms with Gasteiger partial charge in [0.2, 0.25) is 5.91 Å². The van der Waals surface area contributed by atoms with Gasteiger partial charge in [0.15, 0.2) is 0 Å². The maximum atomic E-state index is 11.3.